The van der Waals surface area contributed by atoms with Crippen LogP contribution in [-0.4, -0.2) is 34.1 Å². The van der Waals surface area contributed by atoms with Crippen LogP contribution in [0, 0.1) is 13.8 Å². The van der Waals surface area contributed by atoms with Crippen LogP contribution in [0.5, 0.6) is 0 Å². The summed E-state index contributed by atoms with van der Waals surface area (Å²) in [6, 6.07) is 4.05. The first kappa shape index (κ1) is 14.0. The number of aryl methyl sites for hydroxylation is 2. The largest absolute Gasteiger partial charge is 0.325 e. The number of hydrogen-bond donors (Lipinski definition) is 0. The fraction of sp³-hybridized carbons (Fsp3) is 0.167. The second-order valence-electron chi connectivity index (χ2n) is 6.15. The molecule has 1 aliphatic rings. The van der Waals surface area contributed by atoms with E-state index in [1.165, 1.54) is 5.56 Å². The van der Waals surface area contributed by atoms with Crippen LogP contribution in [0.4, 0.5) is 0 Å². The van der Waals surface area contributed by atoms with Gasteiger partial charge < -0.3 is 4.57 Å². The second-order valence-corrected chi connectivity index (χ2v) is 6.15. The van der Waals surface area contributed by atoms with Gasteiger partial charge in [0.2, 0.25) is 0 Å². The molecule has 0 atom stereocenters. The van der Waals surface area contributed by atoms with Crippen molar-refractivity contribution in [3.05, 3.63) is 59.2 Å². The van der Waals surface area contributed by atoms with Crippen LogP contribution < -0.4 is 0 Å². The molecule has 0 saturated heterocycles. The van der Waals surface area contributed by atoms with E-state index in [9.17, 15) is 0 Å². The number of hydrogen-bond acceptors (Lipinski definition) is 5. The maximum atomic E-state index is 4.68. The van der Waals surface area contributed by atoms with Crippen molar-refractivity contribution in [1.82, 2.24) is 34.1 Å². The molecule has 25 heavy (non-hydrogen) atoms. The highest BCUT2D eigenvalue weighted by atomic mass is 15.3. The van der Waals surface area contributed by atoms with Crippen LogP contribution in [0.1, 0.15) is 28.5 Å². The molecule has 7 nitrogen and oxygen atoms in total. The Morgan fingerprint density at radius 3 is 2.92 bits per heavy atom. The molecule has 0 fully saturated rings. The summed E-state index contributed by atoms with van der Waals surface area (Å²) in [5.74, 6) is 1.56. The minimum absolute atomic E-state index is 0.644. The summed E-state index contributed by atoms with van der Waals surface area (Å²) in [6.07, 6.45) is 9.44. The van der Waals surface area contributed by atoms with E-state index in [0.717, 1.165) is 40.8 Å². The third kappa shape index (κ3) is 2.16. The van der Waals surface area contributed by atoms with E-state index in [0.29, 0.717) is 5.82 Å². The Morgan fingerprint density at radius 1 is 1.12 bits per heavy atom. The molecule has 0 aromatic carbocycles. The van der Waals surface area contributed by atoms with Crippen LogP contribution in [0.2, 0.25) is 0 Å². The summed E-state index contributed by atoms with van der Waals surface area (Å²) in [4.78, 5) is 18.0. The van der Waals surface area contributed by atoms with Crippen LogP contribution in [0.3, 0.4) is 0 Å². The van der Waals surface area contributed by atoms with Gasteiger partial charge in [-0.3, -0.25) is 9.97 Å². The highest BCUT2D eigenvalue weighted by Gasteiger charge is 2.21. The number of aromatic nitrogens is 7. The van der Waals surface area contributed by atoms with Gasteiger partial charge in [0.15, 0.2) is 17.3 Å². The van der Waals surface area contributed by atoms with Crippen molar-refractivity contribution in [2.45, 2.75) is 20.4 Å². The smallest absolute Gasteiger partial charge is 0.177 e. The molecule has 1 aliphatic heterocycles. The Kier molecular flexibility index (Phi) is 2.85. The van der Waals surface area contributed by atoms with Gasteiger partial charge in [0.05, 0.1) is 23.6 Å². The average Bonchev–Trinajstić information content (AvgIpc) is 3.29. The Morgan fingerprint density at radius 2 is 2.04 bits per heavy atom. The number of nitrogens with zero attached hydrogens (tertiary/aromatic N) is 7. The molecule has 4 aromatic rings. The highest BCUT2D eigenvalue weighted by molar-refractivity contribution is 5.69. The number of imidazole rings is 1. The summed E-state index contributed by atoms with van der Waals surface area (Å²) in [5, 5.41) is 4.52. The zero-order valence-corrected chi connectivity index (χ0v) is 13.9. The summed E-state index contributed by atoms with van der Waals surface area (Å²) in [6.45, 7) is 4.71. The monoisotopic (exact) mass is 329 g/mol. The van der Waals surface area contributed by atoms with E-state index < -0.39 is 0 Å². The third-order valence-corrected chi connectivity index (χ3v) is 4.37. The lowest BCUT2D eigenvalue weighted by Gasteiger charge is -1.97. The molecule has 0 unspecified atom stereocenters. The summed E-state index contributed by atoms with van der Waals surface area (Å²) >= 11 is 0. The van der Waals surface area contributed by atoms with Crippen molar-refractivity contribution < 1.29 is 0 Å². The lowest BCUT2D eigenvalue weighted by Crippen LogP contribution is -1.97. The van der Waals surface area contributed by atoms with Crippen molar-refractivity contribution in [2.24, 2.45) is 0 Å². The topological polar surface area (TPSA) is 73.8 Å². The zero-order valence-electron chi connectivity index (χ0n) is 13.9. The van der Waals surface area contributed by atoms with Gasteiger partial charge in [0.25, 0.3) is 0 Å². The molecular formula is C18H15N7. The predicted octanol–water partition coefficient (Wildman–Crippen LogP) is 2.53. The fourth-order valence-electron chi connectivity index (χ4n) is 3.12. The maximum absolute atomic E-state index is 4.68. The van der Waals surface area contributed by atoms with Crippen molar-refractivity contribution in [2.75, 3.05) is 0 Å². The zero-order chi connectivity index (χ0) is 17.0. The summed E-state index contributed by atoms with van der Waals surface area (Å²) < 4.78 is 3.93. The van der Waals surface area contributed by atoms with E-state index in [4.69, 9.17) is 0 Å². The lowest BCUT2D eigenvalue weighted by molar-refractivity contribution is 0.847. The Labute approximate surface area is 143 Å². The highest BCUT2D eigenvalue weighted by Crippen LogP contribution is 2.29. The molecule has 0 saturated carbocycles. The quantitative estimate of drug-likeness (QED) is 0.497. The first-order valence-electron chi connectivity index (χ1n) is 8.07. The molecule has 4 aromatic heterocycles. The third-order valence-electron chi connectivity index (χ3n) is 4.37. The van der Waals surface area contributed by atoms with Crippen molar-refractivity contribution in [1.29, 1.82) is 0 Å². The molecule has 5 heterocycles. The van der Waals surface area contributed by atoms with E-state index >= 15 is 0 Å². The first-order valence-corrected chi connectivity index (χ1v) is 8.07. The molecule has 0 N–H and O–H groups in total. The van der Waals surface area contributed by atoms with Crippen molar-refractivity contribution in [3.8, 4) is 11.5 Å². The van der Waals surface area contributed by atoms with Crippen LogP contribution in [-0.2, 0) is 6.54 Å². The number of rotatable bonds is 2. The Hall–Kier alpha value is -3.35. The van der Waals surface area contributed by atoms with E-state index in [2.05, 4.69) is 35.7 Å². The molecular weight excluding hydrogens is 314 g/mol. The minimum Gasteiger partial charge on any atom is -0.325 e. The molecule has 0 spiro atoms. The Bertz CT molecular complexity index is 1110. The molecule has 0 amide bonds. The maximum Gasteiger partial charge on any atom is 0.177 e. The van der Waals surface area contributed by atoms with Gasteiger partial charge in [-0.05, 0) is 32.1 Å². The van der Waals surface area contributed by atoms with Gasteiger partial charge in [-0.15, -0.1) is 5.10 Å². The van der Waals surface area contributed by atoms with E-state index in [1.54, 1.807) is 12.4 Å². The van der Waals surface area contributed by atoms with Gasteiger partial charge >= 0.3 is 0 Å². The number of pyridine rings is 1. The fourth-order valence-corrected chi connectivity index (χ4v) is 3.12. The van der Waals surface area contributed by atoms with Gasteiger partial charge in [-0.1, -0.05) is 6.07 Å². The number of fused-ring (bicyclic) bond motifs is 4. The van der Waals surface area contributed by atoms with Gasteiger partial charge in [0.1, 0.15) is 5.69 Å². The van der Waals surface area contributed by atoms with E-state index in [1.807, 2.05) is 42.8 Å². The SMILES string of the molecule is Cc1ncc(C)n2nc(C=Cc3cn4c(n3)-c3ncccc3C4)nc12. The molecule has 0 bridgehead atoms. The van der Waals surface area contributed by atoms with Crippen molar-refractivity contribution in [3.63, 3.8) is 0 Å². The molecule has 122 valence electrons. The standard InChI is InChI=1S/C18H15N7/c1-11-8-20-12(2)17-22-15(23-25(11)17)6-5-14-10-24-9-13-4-3-7-19-16(13)18(24)21-14/h3-8,10H,9H2,1-2H3. The van der Waals surface area contributed by atoms with E-state index in [-0.39, 0.29) is 0 Å². The predicted molar refractivity (Wildman–Crippen MR) is 93.7 cm³/mol. The molecule has 0 radical (unpaired) electrons. The normalized spacial score (nSPS) is 12.9. The Balaban J connectivity index is 1.49. The summed E-state index contributed by atoms with van der Waals surface area (Å²) in [5.41, 5.74) is 5.64. The summed E-state index contributed by atoms with van der Waals surface area (Å²) in [7, 11) is 0. The average molecular weight is 329 g/mol. The minimum atomic E-state index is 0.644. The van der Waals surface area contributed by atoms with Crippen LogP contribution in [0.15, 0.2) is 30.7 Å². The second kappa shape index (κ2) is 5.07. The van der Waals surface area contributed by atoms with Gasteiger partial charge in [0, 0.05) is 24.2 Å². The molecule has 7 heteroatoms. The van der Waals surface area contributed by atoms with Gasteiger partial charge in [-0.2, -0.15) is 0 Å². The molecule has 0 aliphatic carbocycles. The van der Waals surface area contributed by atoms with Crippen molar-refractivity contribution >= 4 is 17.8 Å². The van der Waals surface area contributed by atoms with Crippen LogP contribution >= 0.6 is 0 Å². The van der Waals surface area contributed by atoms with Crippen LogP contribution in [0.25, 0.3) is 29.3 Å². The lowest BCUT2D eigenvalue weighted by atomic mass is 10.2. The molecule has 5 rings (SSSR count). The van der Waals surface area contributed by atoms with Gasteiger partial charge in [-0.25, -0.2) is 14.5 Å². The first-order chi connectivity index (χ1) is 12.2.